The second-order valence-corrected chi connectivity index (χ2v) is 7.72. The second-order valence-electron chi connectivity index (χ2n) is 7.72. The van der Waals surface area contributed by atoms with E-state index in [-0.39, 0.29) is 5.82 Å². The number of fused-ring (bicyclic) bond motifs is 1. The normalized spacial score (nSPS) is 15.0. The van der Waals surface area contributed by atoms with E-state index in [1.54, 1.807) is 6.07 Å². The third kappa shape index (κ3) is 4.77. The highest BCUT2D eigenvalue weighted by Gasteiger charge is 2.22. The number of benzene rings is 1. The van der Waals surface area contributed by atoms with Gasteiger partial charge in [0.1, 0.15) is 16.9 Å². The number of halogens is 1. The summed E-state index contributed by atoms with van der Waals surface area (Å²) in [5.74, 6) is 1.01. The molecule has 0 spiro atoms. The fourth-order valence-electron chi connectivity index (χ4n) is 3.77. The summed E-state index contributed by atoms with van der Waals surface area (Å²) in [5, 5.41) is 8.11. The van der Waals surface area contributed by atoms with Gasteiger partial charge in [-0.3, -0.25) is 4.68 Å². The Balaban J connectivity index is 1.79. The smallest absolute Gasteiger partial charge is 0.228 e. The van der Waals surface area contributed by atoms with Gasteiger partial charge >= 0.3 is 0 Å². The van der Waals surface area contributed by atoms with Crippen molar-refractivity contribution in [2.45, 2.75) is 26.8 Å². The summed E-state index contributed by atoms with van der Waals surface area (Å²) in [6.45, 7) is 9.49. The summed E-state index contributed by atoms with van der Waals surface area (Å²) >= 11 is 0. The zero-order valence-corrected chi connectivity index (χ0v) is 18.4. The number of nitrogens with zero attached hydrogens (tertiary/aromatic N) is 6. The molecule has 1 saturated heterocycles. The Bertz CT molecular complexity index is 1030. The predicted octanol–water partition coefficient (Wildman–Crippen LogP) is 3.06. The van der Waals surface area contributed by atoms with Crippen LogP contribution in [0.2, 0.25) is 0 Å². The highest BCUT2D eigenvalue weighted by Crippen LogP contribution is 2.29. The number of nitrogens with one attached hydrogen (secondary N) is 1. The molecule has 8 nitrogen and oxygen atoms in total. The highest BCUT2D eigenvalue weighted by molar-refractivity contribution is 5.90. The van der Waals surface area contributed by atoms with E-state index in [1.165, 1.54) is 12.1 Å². The molecule has 3 aromatic rings. The van der Waals surface area contributed by atoms with Gasteiger partial charge in [0.15, 0.2) is 5.82 Å². The monoisotopic (exact) mass is 427 g/mol. The number of rotatable bonds is 8. The van der Waals surface area contributed by atoms with E-state index in [2.05, 4.69) is 29.1 Å². The number of hydrogen-bond acceptors (Lipinski definition) is 7. The molecule has 0 aliphatic carbocycles. The van der Waals surface area contributed by atoms with Crippen molar-refractivity contribution in [1.82, 2.24) is 24.6 Å². The largest absolute Gasteiger partial charge is 0.380 e. The molecule has 0 bridgehead atoms. The Morgan fingerprint density at radius 2 is 1.94 bits per heavy atom. The molecule has 3 heterocycles. The molecule has 1 aromatic carbocycles. The maximum atomic E-state index is 13.8. The van der Waals surface area contributed by atoms with E-state index in [0.717, 1.165) is 49.3 Å². The first-order valence-corrected chi connectivity index (χ1v) is 10.9. The molecule has 2 aromatic heterocycles. The number of anilines is 3. The minimum Gasteiger partial charge on any atom is -0.380 e. The molecule has 0 saturated carbocycles. The number of likely N-dealkylation sites (N-methyl/N-ethyl adjacent to an activating group) is 1. The van der Waals surface area contributed by atoms with E-state index in [1.807, 2.05) is 17.7 Å². The van der Waals surface area contributed by atoms with Gasteiger partial charge in [-0.15, -0.1) is 0 Å². The van der Waals surface area contributed by atoms with Crippen molar-refractivity contribution in [3.05, 3.63) is 35.8 Å². The molecule has 0 unspecified atom stereocenters. The van der Waals surface area contributed by atoms with Crippen molar-refractivity contribution >= 4 is 28.5 Å². The van der Waals surface area contributed by atoms with Crippen LogP contribution < -0.4 is 10.2 Å². The molecular formula is C22H30FN7O. The van der Waals surface area contributed by atoms with Gasteiger partial charge in [0, 0.05) is 38.5 Å². The van der Waals surface area contributed by atoms with Crippen LogP contribution in [-0.4, -0.2) is 71.1 Å². The number of aromatic nitrogens is 4. The molecule has 166 valence electrons. The zero-order valence-electron chi connectivity index (χ0n) is 18.4. The molecule has 1 N–H and O–H groups in total. The topological polar surface area (TPSA) is 71.3 Å². The Labute approximate surface area is 182 Å². The lowest BCUT2D eigenvalue weighted by Gasteiger charge is -2.32. The third-order valence-electron chi connectivity index (χ3n) is 5.51. The van der Waals surface area contributed by atoms with Gasteiger partial charge in [-0.25, -0.2) is 9.37 Å². The van der Waals surface area contributed by atoms with Crippen LogP contribution in [0.1, 0.15) is 19.5 Å². The van der Waals surface area contributed by atoms with Crippen LogP contribution in [0.4, 0.5) is 21.8 Å². The van der Waals surface area contributed by atoms with Crippen molar-refractivity contribution in [3.8, 4) is 0 Å². The van der Waals surface area contributed by atoms with Gasteiger partial charge in [-0.05, 0) is 38.6 Å². The Morgan fingerprint density at radius 1 is 1.13 bits per heavy atom. The van der Waals surface area contributed by atoms with Gasteiger partial charge in [0.2, 0.25) is 5.95 Å². The maximum absolute atomic E-state index is 13.8. The quantitative estimate of drug-likeness (QED) is 0.554. The minimum atomic E-state index is -0.298. The van der Waals surface area contributed by atoms with Gasteiger partial charge in [0.25, 0.3) is 0 Å². The van der Waals surface area contributed by atoms with E-state index >= 15 is 0 Å². The van der Waals surface area contributed by atoms with Crippen LogP contribution in [0.3, 0.4) is 0 Å². The fourth-order valence-corrected chi connectivity index (χ4v) is 3.77. The van der Waals surface area contributed by atoms with E-state index in [9.17, 15) is 4.39 Å². The third-order valence-corrected chi connectivity index (χ3v) is 5.51. The van der Waals surface area contributed by atoms with Gasteiger partial charge in [0.05, 0.1) is 18.8 Å². The first-order valence-electron chi connectivity index (χ1n) is 10.9. The molecular weight excluding hydrogens is 397 g/mol. The van der Waals surface area contributed by atoms with Crippen LogP contribution in [0.15, 0.2) is 24.3 Å². The summed E-state index contributed by atoms with van der Waals surface area (Å²) in [7, 11) is 2.12. The Morgan fingerprint density at radius 3 is 2.65 bits per heavy atom. The number of aryl methyl sites for hydroxylation is 1. The molecule has 1 fully saturated rings. The zero-order chi connectivity index (χ0) is 21.8. The standard InChI is InChI=1S/C22H30FN7O/c1-4-18-19-20(30(27-18)13-14-31-5-2)21(24-17-8-6-7-16(23)15-17)26-22(25-19)29-11-9-28(3)10-12-29/h6-8,15H,4-5,9-14H2,1-3H3,(H,24,25,26). The van der Waals surface area contributed by atoms with Crippen LogP contribution in [0.5, 0.6) is 0 Å². The van der Waals surface area contributed by atoms with E-state index in [4.69, 9.17) is 19.8 Å². The lowest BCUT2D eigenvalue weighted by atomic mass is 10.2. The maximum Gasteiger partial charge on any atom is 0.228 e. The minimum absolute atomic E-state index is 0.298. The molecule has 0 radical (unpaired) electrons. The number of piperazine rings is 1. The molecule has 31 heavy (non-hydrogen) atoms. The average molecular weight is 428 g/mol. The average Bonchev–Trinajstić information content (AvgIpc) is 3.12. The van der Waals surface area contributed by atoms with Crippen molar-refractivity contribution in [3.63, 3.8) is 0 Å². The van der Waals surface area contributed by atoms with Crippen LogP contribution in [-0.2, 0) is 17.7 Å². The van der Waals surface area contributed by atoms with E-state index < -0.39 is 0 Å². The van der Waals surface area contributed by atoms with Gasteiger partial charge < -0.3 is 19.9 Å². The summed E-state index contributed by atoms with van der Waals surface area (Å²) < 4.78 is 21.3. The Kier molecular flexibility index (Phi) is 6.62. The molecule has 4 rings (SSSR count). The lowest BCUT2D eigenvalue weighted by molar-refractivity contribution is 0.137. The summed E-state index contributed by atoms with van der Waals surface area (Å²) in [6, 6.07) is 6.40. The van der Waals surface area contributed by atoms with Gasteiger partial charge in [-0.2, -0.15) is 10.1 Å². The van der Waals surface area contributed by atoms with Gasteiger partial charge in [-0.1, -0.05) is 13.0 Å². The molecule has 1 aliphatic rings. The number of hydrogen-bond donors (Lipinski definition) is 1. The van der Waals surface area contributed by atoms with Crippen LogP contribution in [0.25, 0.3) is 11.0 Å². The first-order chi connectivity index (χ1) is 15.1. The molecule has 0 amide bonds. The SMILES string of the molecule is CCOCCn1nc(CC)c2nc(N3CCN(C)CC3)nc(Nc3cccc(F)c3)c21. The summed E-state index contributed by atoms with van der Waals surface area (Å²) in [4.78, 5) is 14.3. The van der Waals surface area contributed by atoms with Crippen molar-refractivity contribution < 1.29 is 9.13 Å². The summed E-state index contributed by atoms with van der Waals surface area (Å²) in [5.41, 5.74) is 3.21. The number of ether oxygens (including phenoxy) is 1. The summed E-state index contributed by atoms with van der Waals surface area (Å²) in [6.07, 6.45) is 0.761. The molecule has 0 atom stereocenters. The van der Waals surface area contributed by atoms with Crippen molar-refractivity contribution in [2.75, 3.05) is 56.7 Å². The fraction of sp³-hybridized carbons (Fsp3) is 0.500. The second kappa shape index (κ2) is 9.57. The molecule has 9 heteroatoms. The molecule has 1 aliphatic heterocycles. The van der Waals surface area contributed by atoms with Crippen molar-refractivity contribution in [2.24, 2.45) is 0 Å². The van der Waals surface area contributed by atoms with Crippen molar-refractivity contribution in [1.29, 1.82) is 0 Å². The van der Waals surface area contributed by atoms with Crippen LogP contribution >= 0.6 is 0 Å². The predicted molar refractivity (Wildman–Crippen MR) is 121 cm³/mol. The van der Waals surface area contributed by atoms with E-state index in [0.29, 0.717) is 37.2 Å². The Hall–Kier alpha value is -2.78. The first kappa shape index (κ1) is 21.5. The lowest BCUT2D eigenvalue weighted by Crippen LogP contribution is -2.45. The van der Waals surface area contributed by atoms with Crippen LogP contribution in [0, 0.1) is 5.82 Å². The highest BCUT2D eigenvalue weighted by atomic mass is 19.1.